The Labute approximate surface area is 190 Å². The summed E-state index contributed by atoms with van der Waals surface area (Å²) in [4.78, 5) is 26.2. The molecule has 1 saturated carbocycles. The lowest BCUT2D eigenvalue weighted by atomic mass is 9.97. The molecule has 9 nitrogen and oxygen atoms in total. The van der Waals surface area contributed by atoms with Gasteiger partial charge in [-0.1, -0.05) is 31.0 Å². The van der Waals surface area contributed by atoms with Gasteiger partial charge in [0.15, 0.2) is 0 Å². The van der Waals surface area contributed by atoms with Crippen LogP contribution in [0.3, 0.4) is 0 Å². The van der Waals surface area contributed by atoms with E-state index in [0.717, 1.165) is 5.75 Å². The van der Waals surface area contributed by atoms with Crippen molar-refractivity contribution in [2.24, 2.45) is 0 Å². The van der Waals surface area contributed by atoms with E-state index in [2.05, 4.69) is 21.5 Å². The number of carbonyl (C=O) groups excluding carboxylic acids is 1. The quantitative estimate of drug-likeness (QED) is 0.213. The van der Waals surface area contributed by atoms with Gasteiger partial charge >= 0.3 is 0 Å². The molecule has 1 atom stereocenters. The van der Waals surface area contributed by atoms with Gasteiger partial charge in [0, 0.05) is 25.0 Å². The van der Waals surface area contributed by atoms with Crippen molar-refractivity contribution in [3.8, 4) is 5.75 Å². The van der Waals surface area contributed by atoms with Gasteiger partial charge in [0.25, 0.3) is 5.09 Å². The highest BCUT2D eigenvalue weighted by Crippen LogP contribution is 2.38. The number of aliphatic hydroxyl groups excluding tert-OH is 1. The van der Waals surface area contributed by atoms with E-state index >= 15 is 0 Å². The summed E-state index contributed by atoms with van der Waals surface area (Å²) in [6.07, 6.45) is 5.48. The molecule has 1 unspecified atom stereocenters. The van der Waals surface area contributed by atoms with Crippen molar-refractivity contribution in [3.63, 3.8) is 0 Å². The number of carbonyl (C=O) groups is 1. The molecule has 0 spiro atoms. The maximum absolute atomic E-state index is 11.9. The van der Waals surface area contributed by atoms with Crippen LogP contribution in [0, 0.1) is 10.1 Å². The van der Waals surface area contributed by atoms with E-state index in [0.29, 0.717) is 31.8 Å². The van der Waals surface area contributed by atoms with Crippen molar-refractivity contribution in [1.29, 1.82) is 0 Å². The summed E-state index contributed by atoms with van der Waals surface area (Å²) in [5.74, 6) is 1.28. The molecule has 1 aromatic rings. The summed E-state index contributed by atoms with van der Waals surface area (Å²) in [5, 5.41) is 25.7. The normalized spacial score (nSPS) is 15.3. The number of nitrogens with one attached hydrogen (secondary N) is 2. The van der Waals surface area contributed by atoms with Crippen LogP contribution in [0.15, 0.2) is 24.3 Å². The third kappa shape index (κ3) is 9.82. The first-order chi connectivity index (χ1) is 15.3. The first-order valence-corrected chi connectivity index (χ1v) is 11.5. The van der Waals surface area contributed by atoms with Crippen molar-refractivity contribution in [2.45, 2.75) is 76.4 Å². The van der Waals surface area contributed by atoms with Crippen molar-refractivity contribution < 1.29 is 24.6 Å². The fourth-order valence-corrected chi connectivity index (χ4v) is 3.82. The SMILES string of the molecule is CC(C)(CNC(=O)CCCCO[N+](=O)[O-])NCC(O)COc1ccccc1C1CCCC1. The summed E-state index contributed by atoms with van der Waals surface area (Å²) in [5.41, 5.74) is 0.825. The molecular weight excluding hydrogens is 414 g/mol. The third-order valence-corrected chi connectivity index (χ3v) is 5.68. The highest BCUT2D eigenvalue weighted by molar-refractivity contribution is 5.75. The average molecular weight is 452 g/mol. The van der Waals surface area contributed by atoms with Crippen molar-refractivity contribution in [3.05, 3.63) is 39.9 Å². The van der Waals surface area contributed by atoms with Gasteiger partial charge in [0.2, 0.25) is 5.91 Å². The minimum absolute atomic E-state index is 0.00157. The number of amides is 1. The summed E-state index contributed by atoms with van der Waals surface area (Å²) < 4.78 is 5.94. The standard InChI is InChI=1S/C23H37N3O6/c1-23(2,17-24-22(28)13-7-8-14-32-26(29)30)25-15-19(27)16-31-21-12-6-5-11-20(21)18-9-3-4-10-18/h5-6,11-12,18-19,25,27H,3-4,7-10,13-17H2,1-2H3,(H,24,28). The second kappa shape index (κ2) is 13.2. The van der Waals surface area contributed by atoms with E-state index in [1.165, 1.54) is 31.2 Å². The summed E-state index contributed by atoms with van der Waals surface area (Å²) in [7, 11) is 0. The number of unbranched alkanes of at least 4 members (excludes halogenated alkanes) is 1. The molecule has 3 N–H and O–H groups in total. The number of rotatable bonds is 15. The van der Waals surface area contributed by atoms with Gasteiger partial charge in [-0.05, 0) is 57.1 Å². The topological polar surface area (TPSA) is 123 Å². The molecule has 0 aromatic heterocycles. The Morgan fingerprint density at radius 1 is 1.28 bits per heavy atom. The Kier molecular flexibility index (Phi) is 10.7. The lowest BCUT2D eigenvalue weighted by Gasteiger charge is -2.28. The summed E-state index contributed by atoms with van der Waals surface area (Å²) in [6.45, 7) is 4.83. The Hall–Kier alpha value is -2.39. The van der Waals surface area contributed by atoms with E-state index in [9.17, 15) is 20.0 Å². The van der Waals surface area contributed by atoms with Crippen LogP contribution in [-0.4, -0.2) is 54.0 Å². The second-order valence-electron chi connectivity index (χ2n) is 9.04. The highest BCUT2D eigenvalue weighted by atomic mass is 16.9. The van der Waals surface area contributed by atoms with Crippen LogP contribution in [0.1, 0.15) is 70.3 Å². The van der Waals surface area contributed by atoms with E-state index < -0.39 is 16.7 Å². The summed E-state index contributed by atoms with van der Waals surface area (Å²) in [6, 6.07) is 8.09. The van der Waals surface area contributed by atoms with Gasteiger partial charge in [-0.2, -0.15) is 0 Å². The average Bonchev–Trinajstić information content (AvgIpc) is 3.29. The Bertz CT molecular complexity index is 721. The molecule has 1 aliphatic carbocycles. The molecule has 0 saturated heterocycles. The van der Waals surface area contributed by atoms with Crippen LogP contribution in [0.5, 0.6) is 5.75 Å². The molecule has 1 aliphatic rings. The molecule has 1 aromatic carbocycles. The zero-order valence-electron chi connectivity index (χ0n) is 19.2. The molecule has 1 fully saturated rings. The van der Waals surface area contributed by atoms with Gasteiger partial charge in [-0.15, -0.1) is 10.1 Å². The number of ether oxygens (including phenoxy) is 1. The second-order valence-corrected chi connectivity index (χ2v) is 9.04. The number of benzene rings is 1. The Morgan fingerprint density at radius 3 is 2.72 bits per heavy atom. The summed E-state index contributed by atoms with van der Waals surface area (Å²) >= 11 is 0. The molecule has 2 rings (SSSR count). The monoisotopic (exact) mass is 451 g/mol. The minimum atomic E-state index is -0.831. The van der Waals surface area contributed by atoms with Crippen LogP contribution in [0.25, 0.3) is 0 Å². The van der Waals surface area contributed by atoms with Gasteiger partial charge in [-0.25, -0.2) is 0 Å². The molecule has 180 valence electrons. The number of hydrogen-bond donors (Lipinski definition) is 3. The van der Waals surface area contributed by atoms with Crippen LogP contribution in [0.4, 0.5) is 0 Å². The van der Waals surface area contributed by atoms with Crippen LogP contribution in [0.2, 0.25) is 0 Å². The number of nitrogens with zero attached hydrogens (tertiary/aromatic N) is 1. The molecule has 32 heavy (non-hydrogen) atoms. The number of para-hydroxylation sites is 1. The molecule has 0 aliphatic heterocycles. The smallest absolute Gasteiger partial charge is 0.294 e. The third-order valence-electron chi connectivity index (χ3n) is 5.68. The van der Waals surface area contributed by atoms with Crippen LogP contribution >= 0.6 is 0 Å². The van der Waals surface area contributed by atoms with Crippen molar-refractivity contribution in [2.75, 3.05) is 26.3 Å². The number of hydrogen-bond acceptors (Lipinski definition) is 7. The van der Waals surface area contributed by atoms with E-state index in [-0.39, 0.29) is 25.5 Å². The predicted molar refractivity (Wildman–Crippen MR) is 121 cm³/mol. The van der Waals surface area contributed by atoms with Gasteiger partial charge < -0.3 is 25.3 Å². The fourth-order valence-electron chi connectivity index (χ4n) is 3.82. The highest BCUT2D eigenvalue weighted by Gasteiger charge is 2.22. The van der Waals surface area contributed by atoms with Gasteiger partial charge in [-0.3, -0.25) is 4.79 Å². The lowest BCUT2D eigenvalue weighted by molar-refractivity contribution is -0.757. The molecular formula is C23H37N3O6. The number of β-amino-alcohol motifs (C(OH)–C–C–N with tert-alkyl or cyclic N) is 1. The Balaban J connectivity index is 1.65. The predicted octanol–water partition coefficient (Wildman–Crippen LogP) is 2.95. The fraction of sp³-hybridized carbons (Fsp3) is 0.696. The first kappa shape index (κ1) is 25.9. The number of aliphatic hydroxyl groups is 1. The maximum Gasteiger partial charge on any atom is 0.294 e. The van der Waals surface area contributed by atoms with E-state index in [1.54, 1.807) is 0 Å². The lowest BCUT2D eigenvalue weighted by Crippen LogP contribution is -2.51. The minimum Gasteiger partial charge on any atom is -0.491 e. The van der Waals surface area contributed by atoms with Gasteiger partial charge in [0.1, 0.15) is 18.5 Å². The molecule has 0 heterocycles. The molecule has 0 bridgehead atoms. The largest absolute Gasteiger partial charge is 0.491 e. The maximum atomic E-state index is 11.9. The molecule has 1 amide bonds. The zero-order valence-corrected chi connectivity index (χ0v) is 19.2. The van der Waals surface area contributed by atoms with E-state index in [4.69, 9.17) is 4.74 Å². The Morgan fingerprint density at radius 2 is 2.00 bits per heavy atom. The molecule has 9 heteroatoms. The first-order valence-electron chi connectivity index (χ1n) is 11.5. The van der Waals surface area contributed by atoms with Gasteiger partial charge in [0.05, 0.1) is 6.61 Å². The van der Waals surface area contributed by atoms with Crippen molar-refractivity contribution in [1.82, 2.24) is 10.6 Å². The van der Waals surface area contributed by atoms with E-state index in [1.807, 2.05) is 32.0 Å². The van der Waals surface area contributed by atoms with Crippen LogP contribution in [-0.2, 0) is 9.63 Å². The van der Waals surface area contributed by atoms with Crippen LogP contribution < -0.4 is 15.4 Å². The van der Waals surface area contributed by atoms with Crippen molar-refractivity contribution >= 4 is 5.91 Å². The zero-order chi connectivity index (χ0) is 23.4. The molecule has 0 radical (unpaired) electrons.